The molecule has 2 aliphatic heterocycles. The molecule has 0 spiro atoms. The van der Waals surface area contributed by atoms with Gasteiger partial charge in [0.05, 0.1) is 6.04 Å². The second-order valence-corrected chi connectivity index (χ2v) is 6.84. The van der Waals surface area contributed by atoms with E-state index in [2.05, 4.69) is 43.8 Å². The van der Waals surface area contributed by atoms with Crippen LogP contribution < -0.4 is 4.74 Å². The smallest absolute Gasteiger partial charge is 0.266 e. The molecule has 3 nitrogen and oxygen atoms in total. The predicted molar refractivity (Wildman–Crippen MR) is 94.1 cm³/mol. The van der Waals surface area contributed by atoms with Gasteiger partial charge in [-0.25, -0.2) is 0 Å². The summed E-state index contributed by atoms with van der Waals surface area (Å²) in [7, 11) is 0. The van der Waals surface area contributed by atoms with Gasteiger partial charge in [0.15, 0.2) is 6.10 Å². The Morgan fingerprint density at radius 2 is 1.88 bits per heavy atom. The van der Waals surface area contributed by atoms with Crippen LogP contribution in [0.2, 0.25) is 0 Å². The van der Waals surface area contributed by atoms with E-state index >= 15 is 0 Å². The normalized spacial score (nSPS) is 27.5. The third kappa shape index (κ3) is 2.08. The second kappa shape index (κ2) is 5.52. The van der Waals surface area contributed by atoms with Crippen molar-refractivity contribution in [1.29, 1.82) is 0 Å². The maximum atomic E-state index is 12.5. The number of ether oxygens (including phenoxy) is 1. The van der Waals surface area contributed by atoms with Crippen LogP contribution >= 0.6 is 0 Å². The van der Waals surface area contributed by atoms with E-state index in [1.807, 2.05) is 29.2 Å². The van der Waals surface area contributed by atoms with E-state index in [-0.39, 0.29) is 23.5 Å². The number of nitrogens with zero attached hydrogens (tertiary/aromatic N) is 1. The molecule has 4 rings (SSSR count). The van der Waals surface area contributed by atoms with Crippen LogP contribution in [-0.2, 0) is 16.6 Å². The molecule has 2 aromatic carbocycles. The number of hydrogen-bond donors (Lipinski definition) is 0. The number of β-lactam (4-membered cyclic amide) rings is 1. The van der Waals surface area contributed by atoms with Crippen LogP contribution in [0.5, 0.6) is 5.75 Å². The Balaban J connectivity index is 1.80. The highest BCUT2D eigenvalue weighted by molar-refractivity contribution is 5.90. The predicted octanol–water partition coefficient (Wildman–Crippen LogP) is 3.34. The number of fused-ring (bicyclic) bond motifs is 2. The van der Waals surface area contributed by atoms with Gasteiger partial charge in [-0.3, -0.25) is 4.79 Å². The fourth-order valence-corrected chi connectivity index (χ4v) is 4.21. The van der Waals surface area contributed by atoms with Crippen molar-refractivity contribution in [3.8, 4) is 5.75 Å². The standard InChI is InChI=1S/C21H21NO2/c1-3-13-22-19-18(20(22)23)24-17-12-8-7-11-16(17)21(19,2)14-15-9-5-4-6-10-15/h3-12,18-19H,1,13-14H2,2H3/t18-,19-,21+/m0/s1. The Kier molecular flexibility index (Phi) is 3.45. The first kappa shape index (κ1) is 15.0. The molecule has 24 heavy (non-hydrogen) atoms. The summed E-state index contributed by atoms with van der Waals surface area (Å²) in [4.78, 5) is 14.4. The zero-order chi connectivity index (χ0) is 16.7. The van der Waals surface area contributed by atoms with E-state index < -0.39 is 0 Å². The Hall–Kier alpha value is -2.55. The molecule has 0 bridgehead atoms. The third-order valence-electron chi connectivity index (χ3n) is 5.30. The van der Waals surface area contributed by atoms with Crippen molar-refractivity contribution in [2.45, 2.75) is 30.9 Å². The largest absolute Gasteiger partial charge is 0.478 e. The van der Waals surface area contributed by atoms with Crippen molar-refractivity contribution in [2.75, 3.05) is 6.54 Å². The number of carbonyl (C=O) groups excluding carboxylic acids is 1. The maximum Gasteiger partial charge on any atom is 0.266 e. The minimum atomic E-state index is -0.381. The number of benzene rings is 2. The van der Waals surface area contributed by atoms with Crippen LogP contribution in [-0.4, -0.2) is 29.5 Å². The van der Waals surface area contributed by atoms with E-state index in [4.69, 9.17) is 4.74 Å². The van der Waals surface area contributed by atoms with Gasteiger partial charge >= 0.3 is 0 Å². The molecule has 1 fully saturated rings. The monoisotopic (exact) mass is 319 g/mol. The SMILES string of the molecule is C=CCN1C(=O)[C@H]2Oc3ccccc3[C@@](C)(Cc3ccccc3)[C@H]21. The van der Waals surface area contributed by atoms with Crippen molar-refractivity contribution < 1.29 is 9.53 Å². The third-order valence-corrected chi connectivity index (χ3v) is 5.30. The average Bonchev–Trinajstić information content (AvgIpc) is 2.61. The van der Waals surface area contributed by atoms with Gasteiger partial charge in [0.1, 0.15) is 5.75 Å². The molecule has 3 atom stereocenters. The highest BCUT2D eigenvalue weighted by Gasteiger charge is 2.60. The molecule has 0 saturated carbocycles. The van der Waals surface area contributed by atoms with E-state index in [1.165, 1.54) is 11.1 Å². The van der Waals surface area contributed by atoms with Crippen LogP contribution in [0.25, 0.3) is 0 Å². The summed E-state index contributed by atoms with van der Waals surface area (Å²) in [5.74, 6) is 0.900. The lowest BCUT2D eigenvalue weighted by Crippen LogP contribution is -2.75. The minimum Gasteiger partial charge on any atom is -0.478 e. The fraction of sp³-hybridized carbons (Fsp3) is 0.286. The minimum absolute atomic E-state index is 0.0399. The number of rotatable bonds is 4. The lowest BCUT2D eigenvalue weighted by atomic mass is 9.64. The second-order valence-electron chi connectivity index (χ2n) is 6.84. The number of para-hydroxylation sites is 1. The molecule has 0 aromatic heterocycles. The lowest BCUT2D eigenvalue weighted by Gasteiger charge is -2.57. The van der Waals surface area contributed by atoms with Gasteiger partial charge < -0.3 is 9.64 Å². The maximum absolute atomic E-state index is 12.5. The van der Waals surface area contributed by atoms with Crippen molar-refractivity contribution in [3.63, 3.8) is 0 Å². The molecule has 122 valence electrons. The molecule has 2 aromatic rings. The summed E-state index contributed by atoms with van der Waals surface area (Å²) in [6, 6.07) is 18.6. The Labute approximate surface area is 142 Å². The molecule has 3 heteroatoms. The van der Waals surface area contributed by atoms with Gasteiger partial charge in [-0.05, 0) is 18.1 Å². The highest BCUT2D eigenvalue weighted by Crippen LogP contribution is 2.49. The molecular formula is C21H21NO2. The van der Waals surface area contributed by atoms with Crippen molar-refractivity contribution >= 4 is 5.91 Å². The number of likely N-dealkylation sites (tertiary alicyclic amines) is 1. The van der Waals surface area contributed by atoms with Gasteiger partial charge in [0.2, 0.25) is 0 Å². The van der Waals surface area contributed by atoms with Gasteiger partial charge in [-0.2, -0.15) is 0 Å². The molecule has 1 saturated heterocycles. The van der Waals surface area contributed by atoms with E-state index in [0.717, 1.165) is 12.2 Å². The average molecular weight is 319 g/mol. The van der Waals surface area contributed by atoms with Gasteiger partial charge in [0.25, 0.3) is 5.91 Å². The molecule has 0 N–H and O–H groups in total. The molecule has 0 aliphatic carbocycles. The first-order valence-corrected chi connectivity index (χ1v) is 8.36. The molecule has 1 amide bonds. The van der Waals surface area contributed by atoms with Crippen LogP contribution in [0.15, 0.2) is 67.3 Å². The molecule has 0 unspecified atom stereocenters. The van der Waals surface area contributed by atoms with E-state index in [1.54, 1.807) is 6.08 Å². The first-order chi connectivity index (χ1) is 11.6. The summed E-state index contributed by atoms with van der Waals surface area (Å²) in [6.07, 6.45) is 2.28. The van der Waals surface area contributed by atoms with E-state index in [9.17, 15) is 4.79 Å². The number of carbonyl (C=O) groups is 1. The van der Waals surface area contributed by atoms with Gasteiger partial charge in [-0.15, -0.1) is 6.58 Å². The number of hydrogen-bond acceptors (Lipinski definition) is 2. The topological polar surface area (TPSA) is 29.5 Å². The molecule has 0 radical (unpaired) electrons. The summed E-state index contributed by atoms with van der Waals surface area (Å²) >= 11 is 0. The van der Waals surface area contributed by atoms with Gasteiger partial charge in [0, 0.05) is 17.5 Å². The zero-order valence-corrected chi connectivity index (χ0v) is 13.8. The quantitative estimate of drug-likeness (QED) is 0.639. The van der Waals surface area contributed by atoms with Gasteiger partial charge in [-0.1, -0.05) is 61.5 Å². The number of amides is 1. The molecular weight excluding hydrogens is 298 g/mol. The zero-order valence-electron chi connectivity index (χ0n) is 13.8. The van der Waals surface area contributed by atoms with Crippen LogP contribution in [0.4, 0.5) is 0 Å². The fourth-order valence-electron chi connectivity index (χ4n) is 4.21. The molecule has 2 aliphatic rings. The Morgan fingerprint density at radius 1 is 1.17 bits per heavy atom. The Morgan fingerprint density at radius 3 is 2.62 bits per heavy atom. The van der Waals surface area contributed by atoms with Crippen molar-refractivity contribution in [2.24, 2.45) is 0 Å². The van der Waals surface area contributed by atoms with Crippen LogP contribution in [0.1, 0.15) is 18.1 Å². The Bertz CT molecular complexity index is 785. The van der Waals surface area contributed by atoms with Crippen LogP contribution in [0, 0.1) is 0 Å². The summed E-state index contributed by atoms with van der Waals surface area (Å²) in [6.45, 7) is 6.61. The van der Waals surface area contributed by atoms with E-state index in [0.29, 0.717) is 6.54 Å². The molecule has 2 heterocycles. The first-order valence-electron chi connectivity index (χ1n) is 8.36. The summed E-state index contributed by atoms with van der Waals surface area (Å²) in [5.41, 5.74) is 2.27. The highest BCUT2D eigenvalue weighted by atomic mass is 16.5. The van der Waals surface area contributed by atoms with Crippen molar-refractivity contribution in [3.05, 3.63) is 78.4 Å². The van der Waals surface area contributed by atoms with Crippen molar-refractivity contribution in [1.82, 2.24) is 4.90 Å². The summed E-state index contributed by atoms with van der Waals surface area (Å²) in [5, 5.41) is 0. The van der Waals surface area contributed by atoms with Crippen LogP contribution in [0.3, 0.4) is 0 Å². The summed E-state index contributed by atoms with van der Waals surface area (Å²) < 4.78 is 6.03. The lowest BCUT2D eigenvalue weighted by molar-refractivity contribution is -0.171.